The zero-order chi connectivity index (χ0) is 10.4. The van der Waals surface area contributed by atoms with Crippen molar-refractivity contribution in [2.75, 3.05) is 6.54 Å². The molecule has 0 spiro atoms. The highest BCUT2D eigenvalue weighted by Crippen LogP contribution is 2.03. The van der Waals surface area contributed by atoms with E-state index in [1.807, 2.05) is 30.3 Å². The number of hydrogen-bond donors (Lipinski definition) is 0. The number of rotatable bonds is 5. The summed E-state index contributed by atoms with van der Waals surface area (Å²) in [5, 5.41) is 10.1. The van der Waals surface area contributed by atoms with Crippen molar-refractivity contribution in [3.8, 4) is 0 Å². The minimum absolute atomic E-state index is 0.146. The first-order valence-corrected chi connectivity index (χ1v) is 4.46. The molecule has 0 amide bonds. The van der Waals surface area contributed by atoms with Crippen molar-refractivity contribution in [3.05, 3.63) is 46.0 Å². The van der Waals surface area contributed by atoms with Crippen molar-refractivity contribution < 1.29 is 9.66 Å². The van der Waals surface area contributed by atoms with E-state index < -0.39 is 0 Å². The Bertz CT molecular complexity index is 287. The van der Waals surface area contributed by atoms with Gasteiger partial charge in [0.1, 0.15) is 6.10 Å². The molecule has 0 aromatic heterocycles. The maximum Gasteiger partial charge on any atom is 0.229 e. The minimum atomic E-state index is -0.365. The third-order valence-electron chi connectivity index (χ3n) is 1.78. The summed E-state index contributed by atoms with van der Waals surface area (Å²) < 4.78 is 5.30. The van der Waals surface area contributed by atoms with Gasteiger partial charge in [-0.3, -0.25) is 10.1 Å². The maximum absolute atomic E-state index is 10.1. The molecule has 0 aliphatic rings. The Hall–Kier alpha value is -1.42. The quantitative estimate of drug-likeness (QED) is 0.532. The van der Waals surface area contributed by atoms with Crippen LogP contribution in [0.15, 0.2) is 30.3 Å². The van der Waals surface area contributed by atoms with Crippen LogP contribution >= 0.6 is 0 Å². The highest BCUT2D eigenvalue weighted by Gasteiger charge is 2.08. The zero-order valence-corrected chi connectivity index (χ0v) is 8.05. The Morgan fingerprint density at radius 2 is 2.07 bits per heavy atom. The average molecular weight is 195 g/mol. The van der Waals surface area contributed by atoms with Crippen LogP contribution in [0.5, 0.6) is 0 Å². The zero-order valence-electron chi connectivity index (χ0n) is 8.05. The topological polar surface area (TPSA) is 52.4 Å². The van der Waals surface area contributed by atoms with E-state index in [0.29, 0.717) is 6.61 Å². The second-order valence-electron chi connectivity index (χ2n) is 3.12. The first-order chi connectivity index (χ1) is 6.68. The number of nitro groups is 1. The molecule has 0 saturated carbocycles. The summed E-state index contributed by atoms with van der Waals surface area (Å²) in [4.78, 5) is 9.78. The number of nitrogens with zero attached hydrogens (tertiary/aromatic N) is 1. The number of ether oxygens (including phenoxy) is 1. The average Bonchev–Trinajstić information content (AvgIpc) is 2.15. The first-order valence-electron chi connectivity index (χ1n) is 4.46. The Kier molecular flexibility index (Phi) is 4.07. The summed E-state index contributed by atoms with van der Waals surface area (Å²) >= 11 is 0. The molecule has 0 saturated heterocycles. The largest absolute Gasteiger partial charge is 0.367 e. The SMILES string of the molecule is C[C@H](C[N+](=O)[O-])OCc1ccccc1. The van der Waals surface area contributed by atoms with Gasteiger partial charge in [-0.05, 0) is 12.5 Å². The molecule has 0 unspecified atom stereocenters. The maximum atomic E-state index is 10.1. The second-order valence-corrected chi connectivity index (χ2v) is 3.12. The lowest BCUT2D eigenvalue weighted by Crippen LogP contribution is -2.19. The monoisotopic (exact) mass is 195 g/mol. The Balaban J connectivity index is 2.30. The summed E-state index contributed by atoms with van der Waals surface area (Å²) in [5.74, 6) is 0. The normalized spacial score (nSPS) is 12.4. The lowest BCUT2D eigenvalue weighted by atomic mass is 10.2. The molecule has 0 radical (unpaired) electrons. The van der Waals surface area contributed by atoms with Crippen LogP contribution in [0.3, 0.4) is 0 Å². The summed E-state index contributed by atoms with van der Waals surface area (Å²) in [5.41, 5.74) is 1.03. The van der Waals surface area contributed by atoms with Crippen LogP contribution in [0.2, 0.25) is 0 Å². The van der Waals surface area contributed by atoms with Gasteiger partial charge in [0.15, 0.2) is 0 Å². The van der Waals surface area contributed by atoms with E-state index in [1.54, 1.807) is 6.92 Å². The Labute approximate surface area is 82.7 Å². The third kappa shape index (κ3) is 4.00. The molecule has 0 heterocycles. The molecular weight excluding hydrogens is 182 g/mol. The van der Waals surface area contributed by atoms with Gasteiger partial charge in [-0.2, -0.15) is 0 Å². The van der Waals surface area contributed by atoms with E-state index in [9.17, 15) is 10.1 Å². The van der Waals surface area contributed by atoms with E-state index in [1.165, 1.54) is 0 Å². The fraction of sp³-hybridized carbons (Fsp3) is 0.400. The molecule has 0 aliphatic carbocycles. The van der Waals surface area contributed by atoms with Crippen LogP contribution in [0.4, 0.5) is 0 Å². The summed E-state index contributed by atoms with van der Waals surface area (Å²) in [6.45, 7) is 1.98. The lowest BCUT2D eigenvalue weighted by Gasteiger charge is -2.08. The predicted molar refractivity (Wildman–Crippen MR) is 52.6 cm³/mol. The molecule has 1 aromatic rings. The Morgan fingerprint density at radius 3 is 2.64 bits per heavy atom. The van der Waals surface area contributed by atoms with Crippen LogP contribution in [0, 0.1) is 10.1 Å². The van der Waals surface area contributed by atoms with Gasteiger partial charge in [-0.15, -0.1) is 0 Å². The number of hydrogen-bond acceptors (Lipinski definition) is 3. The molecule has 4 heteroatoms. The van der Waals surface area contributed by atoms with E-state index in [2.05, 4.69) is 0 Å². The molecule has 1 rings (SSSR count). The molecule has 14 heavy (non-hydrogen) atoms. The number of benzene rings is 1. The highest BCUT2D eigenvalue weighted by atomic mass is 16.6. The van der Waals surface area contributed by atoms with Gasteiger partial charge in [0, 0.05) is 4.92 Å². The van der Waals surface area contributed by atoms with Crippen LogP contribution in [-0.2, 0) is 11.3 Å². The van der Waals surface area contributed by atoms with Crippen molar-refractivity contribution in [1.29, 1.82) is 0 Å². The van der Waals surface area contributed by atoms with E-state index >= 15 is 0 Å². The minimum Gasteiger partial charge on any atom is -0.367 e. The summed E-state index contributed by atoms with van der Waals surface area (Å²) in [7, 11) is 0. The first kappa shape index (κ1) is 10.7. The molecule has 0 aliphatic heterocycles. The third-order valence-corrected chi connectivity index (χ3v) is 1.78. The highest BCUT2D eigenvalue weighted by molar-refractivity contribution is 5.13. The fourth-order valence-corrected chi connectivity index (χ4v) is 1.08. The molecular formula is C10H13NO3. The van der Waals surface area contributed by atoms with E-state index in [0.717, 1.165) is 5.56 Å². The lowest BCUT2D eigenvalue weighted by molar-refractivity contribution is -0.491. The second kappa shape index (κ2) is 5.34. The molecule has 4 nitrogen and oxygen atoms in total. The van der Waals surface area contributed by atoms with Gasteiger partial charge < -0.3 is 4.74 Å². The van der Waals surface area contributed by atoms with Gasteiger partial charge >= 0.3 is 0 Å². The van der Waals surface area contributed by atoms with Crippen LogP contribution in [0.1, 0.15) is 12.5 Å². The van der Waals surface area contributed by atoms with Gasteiger partial charge in [0.25, 0.3) is 0 Å². The molecule has 1 aromatic carbocycles. The predicted octanol–water partition coefficient (Wildman–Crippen LogP) is 1.87. The van der Waals surface area contributed by atoms with Crippen molar-refractivity contribution in [2.45, 2.75) is 19.6 Å². The summed E-state index contributed by atoms with van der Waals surface area (Å²) in [6, 6.07) is 9.61. The van der Waals surface area contributed by atoms with Crippen molar-refractivity contribution in [3.63, 3.8) is 0 Å². The molecule has 0 bridgehead atoms. The molecule has 0 N–H and O–H groups in total. The van der Waals surface area contributed by atoms with Gasteiger partial charge in [0.05, 0.1) is 6.61 Å². The van der Waals surface area contributed by atoms with Crippen molar-refractivity contribution >= 4 is 0 Å². The smallest absolute Gasteiger partial charge is 0.229 e. The van der Waals surface area contributed by atoms with Crippen LogP contribution < -0.4 is 0 Å². The molecule has 76 valence electrons. The molecule has 1 atom stereocenters. The van der Waals surface area contributed by atoms with Gasteiger partial charge in [-0.1, -0.05) is 30.3 Å². The van der Waals surface area contributed by atoms with Crippen molar-refractivity contribution in [2.24, 2.45) is 0 Å². The molecule has 0 fully saturated rings. The fourth-order valence-electron chi connectivity index (χ4n) is 1.08. The van der Waals surface area contributed by atoms with Crippen molar-refractivity contribution in [1.82, 2.24) is 0 Å². The Morgan fingerprint density at radius 1 is 1.43 bits per heavy atom. The standard InChI is InChI=1S/C10H13NO3/c1-9(7-11(12)13)14-8-10-5-3-2-4-6-10/h2-6,9H,7-8H2,1H3/t9-/m1/s1. The van der Waals surface area contributed by atoms with E-state index in [-0.39, 0.29) is 17.6 Å². The van der Waals surface area contributed by atoms with E-state index in [4.69, 9.17) is 4.74 Å². The van der Waals surface area contributed by atoms with Crippen LogP contribution in [-0.4, -0.2) is 17.6 Å². The van der Waals surface area contributed by atoms with Gasteiger partial charge in [0.2, 0.25) is 6.54 Å². The summed E-state index contributed by atoms with van der Waals surface area (Å²) in [6.07, 6.45) is -0.342. The van der Waals surface area contributed by atoms with Gasteiger partial charge in [-0.25, -0.2) is 0 Å². The van der Waals surface area contributed by atoms with Crippen LogP contribution in [0.25, 0.3) is 0 Å².